The van der Waals surface area contributed by atoms with Crippen molar-refractivity contribution in [2.75, 3.05) is 19.8 Å². The van der Waals surface area contributed by atoms with Gasteiger partial charge in [0.2, 0.25) is 5.91 Å². The Balaban J connectivity index is 1.59. The Labute approximate surface area is 121 Å². The van der Waals surface area contributed by atoms with Gasteiger partial charge in [-0.3, -0.25) is 9.59 Å². The molecular formula is C13H17N3O3S. The summed E-state index contributed by atoms with van der Waals surface area (Å²) in [5.74, 6) is -0.237. The highest BCUT2D eigenvalue weighted by molar-refractivity contribution is 7.07. The predicted octanol–water partition coefficient (Wildman–Crippen LogP) is 0.653. The lowest BCUT2D eigenvalue weighted by molar-refractivity contribution is -0.132. The van der Waals surface area contributed by atoms with Gasteiger partial charge in [-0.05, 0) is 19.3 Å². The molecule has 2 saturated heterocycles. The molecule has 0 spiro atoms. The lowest BCUT2D eigenvalue weighted by Crippen LogP contribution is -2.46. The van der Waals surface area contributed by atoms with Crippen LogP contribution in [0.5, 0.6) is 0 Å². The van der Waals surface area contributed by atoms with E-state index in [4.69, 9.17) is 4.74 Å². The van der Waals surface area contributed by atoms with Crippen LogP contribution in [0.1, 0.15) is 29.8 Å². The number of carbonyl (C=O) groups excluding carboxylic acids is 2. The quantitative estimate of drug-likeness (QED) is 0.889. The Morgan fingerprint density at radius 3 is 2.90 bits per heavy atom. The summed E-state index contributed by atoms with van der Waals surface area (Å²) in [5, 5.41) is 4.47. The molecule has 3 rings (SSSR count). The van der Waals surface area contributed by atoms with Gasteiger partial charge in [0.15, 0.2) is 0 Å². The van der Waals surface area contributed by atoms with Gasteiger partial charge in [-0.2, -0.15) is 0 Å². The van der Waals surface area contributed by atoms with Gasteiger partial charge in [-0.15, -0.1) is 11.3 Å². The third-order valence-corrected chi connectivity index (χ3v) is 4.43. The SMILES string of the molecule is O=C(NC1CCN(C2CCOCC2)C1=O)c1cscn1. The van der Waals surface area contributed by atoms with Crippen LogP contribution in [-0.4, -0.2) is 53.5 Å². The van der Waals surface area contributed by atoms with E-state index < -0.39 is 6.04 Å². The summed E-state index contributed by atoms with van der Waals surface area (Å²) in [6, 6.07) is -0.149. The minimum Gasteiger partial charge on any atom is -0.381 e. The van der Waals surface area contributed by atoms with Gasteiger partial charge < -0.3 is 15.0 Å². The average Bonchev–Trinajstić information content (AvgIpc) is 3.11. The number of hydrogen-bond acceptors (Lipinski definition) is 5. The van der Waals surface area contributed by atoms with Crippen LogP contribution in [0, 0.1) is 0 Å². The second-order valence-electron chi connectivity index (χ2n) is 5.06. The Bertz CT molecular complexity index is 485. The molecule has 7 heteroatoms. The number of amides is 2. The highest BCUT2D eigenvalue weighted by Gasteiger charge is 2.37. The Hall–Kier alpha value is -1.47. The first-order chi connectivity index (χ1) is 9.75. The monoisotopic (exact) mass is 295 g/mol. The van der Waals surface area contributed by atoms with Gasteiger partial charge in [0, 0.05) is 31.2 Å². The Morgan fingerprint density at radius 1 is 1.40 bits per heavy atom. The molecule has 1 aromatic heterocycles. The van der Waals surface area contributed by atoms with Gasteiger partial charge in [-0.25, -0.2) is 4.98 Å². The normalized spacial score (nSPS) is 24.1. The minimum absolute atomic E-state index is 0.0282. The topological polar surface area (TPSA) is 71.5 Å². The standard InChI is InChI=1S/C13H17N3O3S/c17-12(11-7-20-8-14-11)15-10-1-4-16(13(10)18)9-2-5-19-6-3-9/h7-10H,1-6H2,(H,15,17). The van der Waals surface area contributed by atoms with E-state index in [0.717, 1.165) is 12.8 Å². The molecule has 2 aliphatic rings. The van der Waals surface area contributed by atoms with Crippen LogP contribution >= 0.6 is 11.3 Å². The molecule has 20 heavy (non-hydrogen) atoms. The van der Waals surface area contributed by atoms with Crippen molar-refractivity contribution in [3.8, 4) is 0 Å². The largest absolute Gasteiger partial charge is 0.381 e. The van der Waals surface area contributed by atoms with Crippen molar-refractivity contribution >= 4 is 23.2 Å². The first-order valence-electron chi connectivity index (χ1n) is 6.83. The number of likely N-dealkylation sites (tertiary alicyclic amines) is 1. The molecule has 108 valence electrons. The summed E-state index contributed by atoms with van der Waals surface area (Å²) in [6.07, 6.45) is 2.45. The molecule has 1 aromatic rings. The number of carbonyl (C=O) groups is 2. The van der Waals surface area contributed by atoms with Gasteiger partial charge in [0.1, 0.15) is 11.7 Å². The summed E-state index contributed by atoms with van der Waals surface area (Å²) in [4.78, 5) is 30.1. The fraction of sp³-hybridized carbons (Fsp3) is 0.615. The van der Waals surface area contributed by atoms with E-state index in [-0.39, 0.29) is 17.9 Å². The average molecular weight is 295 g/mol. The molecule has 1 atom stereocenters. The lowest BCUT2D eigenvalue weighted by Gasteiger charge is -2.31. The summed E-state index contributed by atoms with van der Waals surface area (Å²) >= 11 is 1.37. The number of ether oxygens (including phenoxy) is 1. The van der Waals surface area contributed by atoms with Crippen LogP contribution < -0.4 is 5.32 Å². The maximum Gasteiger partial charge on any atom is 0.271 e. The van der Waals surface area contributed by atoms with Crippen LogP contribution in [0.2, 0.25) is 0 Å². The molecule has 0 bridgehead atoms. The lowest BCUT2D eigenvalue weighted by atomic mass is 10.1. The molecule has 0 aromatic carbocycles. The van der Waals surface area contributed by atoms with E-state index >= 15 is 0 Å². The molecule has 2 fully saturated rings. The Kier molecular flexibility index (Phi) is 3.98. The third kappa shape index (κ3) is 2.69. The maximum absolute atomic E-state index is 12.4. The first kappa shape index (κ1) is 13.5. The van der Waals surface area contributed by atoms with Crippen molar-refractivity contribution in [3.05, 3.63) is 16.6 Å². The number of nitrogens with zero attached hydrogens (tertiary/aromatic N) is 2. The molecule has 1 unspecified atom stereocenters. The molecule has 2 aliphatic heterocycles. The zero-order valence-corrected chi connectivity index (χ0v) is 11.9. The zero-order chi connectivity index (χ0) is 13.9. The van der Waals surface area contributed by atoms with Crippen molar-refractivity contribution in [2.45, 2.75) is 31.3 Å². The first-order valence-corrected chi connectivity index (χ1v) is 7.77. The molecule has 2 amide bonds. The second-order valence-corrected chi connectivity index (χ2v) is 5.78. The molecular weight excluding hydrogens is 278 g/mol. The van der Waals surface area contributed by atoms with E-state index in [9.17, 15) is 9.59 Å². The number of rotatable bonds is 3. The highest BCUT2D eigenvalue weighted by atomic mass is 32.1. The van der Waals surface area contributed by atoms with Crippen LogP contribution in [0.4, 0.5) is 0 Å². The molecule has 0 aliphatic carbocycles. The molecule has 0 saturated carbocycles. The smallest absolute Gasteiger partial charge is 0.271 e. The van der Waals surface area contributed by atoms with E-state index in [0.29, 0.717) is 31.9 Å². The van der Waals surface area contributed by atoms with Gasteiger partial charge >= 0.3 is 0 Å². The summed E-state index contributed by atoms with van der Waals surface area (Å²) < 4.78 is 5.32. The van der Waals surface area contributed by atoms with E-state index in [1.165, 1.54) is 11.3 Å². The number of nitrogens with one attached hydrogen (secondary N) is 1. The van der Waals surface area contributed by atoms with Crippen LogP contribution in [0.15, 0.2) is 10.9 Å². The van der Waals surface area contributed by atoms with Crippen molar-refractivity contribution in [1.82, 2.24) is 15.2 Å². The molecule has 0 radical (unpaired) electrons. The van der Waals surface area contributed by atoms with Crippen molar-refractivity contribution in [2.24, 2.45) is 0 Å². The van der Waals surface area contributed by atoms with E-state index in [2.05, 4.69) is 10.3 Å². The van der Waals surface area contributed by atoms with Gasteiger partial charge in [-0.1, -0.05) is 0 Å². The van der Waals surface area contributed by atoms with Crippen LogP contribution in [0.25, 0.3) is 0 Å². The molecule has 1 N–H and O–H groups in total. The van der Waals surface area contributed by atoms with Crippen molar-refractivity contribution < 1.29 is 14.3 Å². The van der Waals surface area contributed by atoms with Crippen LogP contribution in [0.3, 0.4) is 0 Å². The van der Waals surface area contributed by atoms with E-state index in [1.54, 1.807) is 10.9 Å². The highest BCUT2D eigenvalue weighted by Crippen LogP contribution is 2.21. The predicted molar refractivity (Wildman–Crippen MR) is 73.5 cm³/mol. The number of hydrogen-bond donors (Lipinski definition) is 1. The van der Waals surface area contributed by atoms with Gasteiger partial charge in [0.25, 0.3) is 5.91 Å². The zero-order valence-electron chi connectivity index (χ0n) is 11.1. The number of thiazole rings is 1. The van der Waals surface area contributed by atoms with E-state index in [1.807, 2.05) is 4.90 Å². The molecule has 6 nitrogen and oxygen atoms in total. The molecule has 3 heterocycles. The third-order valence-electron chi connectivity index (χ3n) is 3.84. The minimum atomic E-state index is -0.410. The summed E-state index contributed by atoms with van der Waals surface area (Å²) in [5.41, 5.74) is 1.99. The Morgan fingerprint density at radius 2 is 2.20 bits per heavy atom. The summed E-state index contributed by atoms with van der Waals surface area (Å²) in [6.45, 7) is 2.14. The number of aromatic nitrogens is 1. The van der Waals surface area contributed by atoms with Crippen LogP contribution in [-0.2, 0) is 9.53 Å². The fourth-order valence-electron chi connectivity index (χ4n) is 2.75. The maximum atomic E-state index is 12.4. The van der Waals surface area contributed by atoms with Gasteiger partial charge in [0.05, 0.1) is 5.51 Å². The fourth-order valence-corrected chi connectivity index (χ4v) is 3.28. The summed E-state index contributed by atoms with van der Waals surface area (Å²) in [7, 11) is 0. The second kappa shape index (κ2) is 5.88. The van der Waals surface area contributed by atoms with Crippen molar-refractivity contribution in [3.63, 3.8) is 0 Å². The van der Waals surface area contributed by atoms with Crippen molar-refractivity contribution in [1.29, 1.82) is 0 Å².